The number of carboxylic acid groups (broad SMARTS) is 1. The summed E-state index contributed by atoms with van der Waals surface area (Å²) in [5.41, 5.74) is 0.635. The normalized spacial score (nSPS) is 27.4. The third-order valence-corrected chi connectivity index (χ3v) is 3.71. The van der Waals surface area contributed by atoms with Gasteiger partial charge in [-0.1, -0.05) is 27.4 Å². The Labute approximate surface area is 92.4 Å². The Hall–Kier alpha value is -0.790. The van der Waals surface area contributed by atoms with E-state index in [0.29, 0.717) is 16.9 Å². The van der Waals surface area contributed by atoms with E-state index in [1.165, 1.54) is 0 Å². The van der Waals surface area contributed by atoms with Crippen LogP contribution in [0.2, 0.25) is 0 Å². The molecule has 0 saturated heterocycles. The van der Waals surface area contributed by atoms with Gasteiger partial charge < -0.3 is 9.90 Å². The van der Waals surface area contributed by atoms with E-state index in [9.17, 15) is 9.90 Å². The molecule has 0 N–H and O–H groups in total. The van der Waals surface area contributed by atoms with Crippen molar-refractivity contribution in [3.63, 3.8) is 0 Å². The van der Waals surface area contributed by atoms with Crippen LogP contribution >= 0.6 is 0 Å². The lowest BCUT2D eigenvalue weighted by atomic mass is 9.69. The van der Waals surface area contributed by atoms with Gasteiger partial charge in [0.15, 0.2) is 0 Å². The van der Waals surface area contributed by atoms with Gasteiger partial charge in [0.05, 0.1) is 5.97 Å². The highest BCUT2D eigenvalue weighted by Gasteiger charge is 2.30. The summed E-state index contributed by atoms with van der Waals surface area (Å²) in [6, 6.07) is 0. The first-order valence-electron chi connectivity index (χ1n) is 5.72. The van der Waals surface area contributed by atoms with E-state index in [0.717, 1.165) is 25.7 Å². The maximum atomic E-state index is 10.7. The number of hydrogen-bond donors (Lipinski definition) is 0. The SMILES string of the molecule is C=C(C(=O)[O-])C1CCC(C(C)(C)C)CC1. The van der Waals surface area contributed by atoms with Crippen molar-refractivity contribution in [3.8, 4) is 0 Å². The van der Waals surface area contributed by atoms with Gasteiger partial charge in [-0.2, -0.15) is 0 Å². The molecule has 1 fully saturated rings. The van der Waals surface area contributed by atoms with E-state index in [1.807, 2.05) is 0 Å². The van der Waals surface area contributed by atoms with Crippen LogP contribution in [0, 0.1) is 17.3 Å². The highest BCUT2D eigenvalue weighted by molar-refractivity contribution is 5.84. The zero-order chi connectivity index (χ0) is 11.6. The fourth-order valence-electron chi connectivity index (χ4n) is 2.47. The van der Waals surface area contributed by atoms with Crippen molar-refractivity contribution < 1.29 is 9.90 Å². The number of carbonyl (C=O) groups excluding carboxylic acids is 1. The highest BCUT2D eigenvalue weighted by Crippen LogP contribution is 2.41. The molecular weight excluding hydrogens is 188 g/mol. The first kappa shape index (κ1) is 12.3. The number of carboxylic acids is 1. The van der Waals surface area contributed by atoms with Crippen molar-refractivity contribution in [1.29, 1.82) is 0 Å². The van der Waals surface area contributed by atoms with E-state index >= 15 is 0 Å². The molecule has 2 heteroatoms. The van der Waals surface area contributed by atoms with E-state index in [1.54, 1.807) is 0 Å². The quantitative estimate of drug-likeness (QED) is 0.654. The zero-order valence-corrected chi connectivity index (χ0v) is 10.0. The largest absolute Gasteiger partial charge is 0.545 e. The van der Waals surface area contributed by atoms with E-state index in [4.69, 9.17) is 0 Å². The maximum absolute atomic E-state index is 10.7. The Morgan fingerprint density at radius 1 is 1.20 bits per heavy atom. The lowest BCUT2D eigenvalue weighted by Gasteiger charge is -2.37. The van der Waals surface area contributed by atoms with Gasteiger partial charge in [0, 0.05) is 0 Å². The second kappa shape index (κ2) is 4.38. The van der Waals surface area contributed by atoms with Crippen LogP contribution in [-0.2, 0) is 4.79 Å². The Bertz CT molecular complexity index is 252. The second-order valence-electron chi connectivity index (χ2n) is 5.73. The summed E-state index contributed by atoms with van der Waals surface area (Å²) in [7, 11) is 0. The summed E-state index contributed by atoms with van der Waals surface area (Å²) in [4.78, 5) is 10.7. The third kappa shape index (κ3) is 3.08. The Kier molecular flexibility index (Phi) is 3.58. The molecule has 0 radical (unpaired) electrons. The van der Waals surface area contributed by atoms with Crippen LogP contribution in [0.1, 0.15) is 46.5 Å². The lowest BCUT2D eigenvalue weighted by Crippen LogP contribution is -2.32. The van der Waals surface area contributed by atoms with Gasteiger partial charge in [0.25, 0.3) is 0 Å². The summed E-state index contributed by atoms with van der Waals surface area (Å²) >= 11 is 0. The number of hydrogen-bond acceptors (Lipinski definition) is 2. The van der Waals surface area contributed by atoms with Gasteiger partial charge in [-0.3, -0.25) is 0 Å². The van der Waals surface area contributed by atoms with Gasteiger partial charge in [0.1, 0.15) is 0 Å². The Morgan fingerprint density at radius 3 is 2.00 bits per heavy atom. The molecule has 1 saturated carbocycles. The predicted molar refractivity (Wildman–Crippen MR) is 59.1 cm³/mol. The van der Waals surface area contributed by atoms with Crippen LogP contribution in [0.3, 0.4) is 0 Å². The molecule has 0 heterocycles. The average Bonchev–Trinajstić information content (AvgIpc) is 2.15. The van der Waals surface area contributed by atoms with Crippen LogP contribution in [0.5, 0.6) is 0 Å². The van der Waals surface area contributed by atoms with Gasteiger partial charge >= 0.3 is 0 Å². The summed E-state index contributed by atoms with van der Waals surface area (Å²) in [6.45, 7) is 10.4. The van der Waals surface area contributed by atoms with Gasteiger partial charge in [-0.15, -0.1) is 0 Å². The minimum atomic E-state index is -1.07. The summed E-state index contributed by atoms with van der Waals surface area (Å²) < 4.78 is 0. The van der Waals surface area contributed by atoms with Gasteiger partial charge in [-0.05, 0) is 48.5 Å². The lowest BCUT2D eigenvalue weighted by molar-refractivity contribution is -0.300. The van der Waals surface area contributed by atoms with Gasteiger partial charge in [0.2, 0.25) is 0 Å². The number of aliphatic carboxylic acids is 1. The molecule has 0 aromatic heterocycles. The van der Waals surface area contributed by atoms with Crippen molar-refractivity contribution in [2.45, 2.75) is 46.5 Å². The average molecular weight is 209 g/mol. The van der Waals surface area contributed by atoms with Crippen molar-refractivity contribution in [3.05, 3.63) is 12.2 Å². The van der Waals surface area contributed by atoms with Crippen LogP contribution in [0.4, 0.5) is 0 Å². The van der Waals surface area contributed by atoms with Crippen LogP contribution < -0.4 is 5.11 Å². The fraction of sp³-hybridized carbons (Fsp3) is 0.769. The minimum Gasteiger partial charge on any atom is -0.545 e. The molecule has 1 rings (SSSR count). The molecule has 2 nitrogen and oxygen atoms in total. The molecule has 0 aromatic carbocycles. The number of rotatable bonds is 2. The molecule has 15 heavy (non-hydrogen) atoms. The molecule has 0 spiro atoms. The molecule has 0 atom stereocenters. The fourth-order valence-corrected chi connectivity index (χ4v) is 2.47. The van der Waals surface area contributed by atoms with E-state index in [-0.39, 0.29) is 5.92 Å². The Balaban J connectivity index is 2.50. The zero-order valence-electron chi connectivity index (χ0n) is 10.0. The standard InChI is InChI=1S/C13H22O2/c1-9(12(14)15)10-5-7-11(8-6-10)13(2,3)4/h10-11H,1,5-8H2,2-4H3,(H,14,15)/p-1. The van der Waals surface area contributed by atoms with Crippen molar-refractivity contribution in [1.82, 2.24) is 0 Å². The van der Waals surface area contributed by atoms with E-state index in [2.05, 4.69) is 27.4 Å². The monoisotopic (exact) mass is 209 g/mol. The molecular formula is C13H21O2-. The minimum absolute atomic E-state index is 0.147. The first-order chi connectivity index (χ1) is 6.82. The highest BCUT2D eigenvalue weighted by atomic mass is 16.4. The van der Waals surface area contributed by atoms with Crippen molar-refractivity contribution in [2.24, 2.45) is 17.3 Å². The van der Waals surface area contributed by atoms with Crippen LogP contribution in [0.25, 0.3) is 0 Å². The summed E-state index contributed by atoms with van der Waals surface area (Å²) in [5.74, 6) is -0.217. The van der Waals surface area contributed by atoms with Gasteiger partial charge in [-0.25, -0.2) is 0 Å². The van der Waals surface area contributed by atoms with Crippen LogP contribution in [0.15, 0.2) is 12.2 Å². The van der Waals surface area contributed by atoms with E-state index < -0.39 is 5.97 Å². The second-order valence-corrected chi connectivity index (χ2v) is 5.73. The predicted octanol–water partition coefficient (Wildman–Crippen LogP) is 2.14. The van der Waals surface area contributed by atoms with Crippen molar-refractivity contribution in [2.75, 3.05) is 0 Å². The van der Waals surface area contributed by atoms with Crippen LogP contribution in [-0.4, -0.2) is 5.97 Å². The first-order valence-corrected chi connectivity index (χ1v) is 5.72. The third-order valence-electron chi connectivity index (χ3n) is 3.71. The van der Waals surface area contributed by atoms with Crippen molar-refractivity contribution >= 4 is 5.97 Å². The molecule has 1 aliphatic carbocycles. The molecule has 1 aliphatic rings. The topological polar surface area (TPSA) is 40.1 Å². The molecule has 0 amide bonds. The summed E-state index contributed by atoms with van der Waals surface area (Å²) in [5, 5.41) is 10.7. The number of carbonyl (C=O) groups is 1. The Morgan fingerprint density at radius 2 is 1.67 bits per heavy atom. The maximum Gasteiger partial charge on any atom is 0.0671 e. The smallest absolute Gasteiger partial charge is 0.0671 e. The molecule has 0 bridgehead atoms. The summed E-state index contributed by atoms with van der Waals surface area (Å²) in [6.07, 6.45) is 4.13. The molecule has 0 aromatic rings. The molecule has 86 valence electrons. The molecule has 0 aliphatic heterocycles. The molecule has 0 unspecified atom stereocenters.